The Balaban J connectivity index is 0.000000277. The second-order valence-electron chi connectivity index (χ2n) is 41.1. The second kappa shape index (κ2) is 87.8. The molecule has 0 fully saturated rings. The normalized spacial score (nSPS) is 11.0. The average molecular weight is 1980 g/mol. The Kier molecular flexibility index (Phi) is 75.4. The van der Waals surface area contributed by atoms with E-state index in [-0.39, 0.29) is 0 Å². The molecule has 0 aliphatic heterocycles. The molecule has 10 aromatic rings. The number of nitrogens with zero attached hydrogens (tertiary/aromatic N) is 5. The molecule has 10 nitrogen and oxygen atoms in total. The molecule has 0 saturated carbocycles. The monoisotopic (exact) mass is 1980 g/mol. The van der Waals surface area contributed by atoms with E-state index in [9.17, 15) is 0 Å². The van der Waals surface area contributed by atoms with Crippen molar-refractivity contribution in [2.45, 2.75) is 487 Å². The van der Waals surface area contributed by atoms with Crippen LogP contribution in [-0.2, 0) is 96.3 Å². The minimum atomic E-state index is 0.717. The molecule has 10 heteroatoms. The standard InChI is InChI=1S/C29H45NO.C28H43NO.C27H41NO.C26H39NO.C25H37NO/c1-3-5-7-9-10-11-12-13-15-27-17-21-28(30-25-27)20-16-26-18-22-29(23-19-26)31-24-14-8-6-4-2;1-3-5-7-8-9-10-11-12-14-26-16-20-27(29-24-26)19-15-25-17-21-28(22-18-25)30-23-13-6-4-2;1-3-5-7-8-9-10-11-12-13-25-15-19-26(28-23-25)18-14-24-16-20-27(21-17-24)29-22-6-4-2;1-3-5-6-7-8-9-10-11-12-24-14-18-25(27-22-24)17-13-23-15-19-26(20-16-23)28-21-4-2;1-3-5-6-7-8-9-10-11-12-23-14-18-24(26-21-23)17-13-22-15-19-25(20-16-22)27-4-2/h17-19,21-23,25H,3-16,20,24H2,1-2H3;16-18,20-22,24H,3-15,19,23H2,1-2H3;15-17,19-21,23H,3-14,18,22H2,1-2H3;14-16,18-20,22H,3-13,17,21H2,1-2H3;14-16,18-21H,3-13,17H2,1-2H3. The SMILES string of the molecule is CCCCCCCCCCc1ccc(CCc2ccc(OCC)cc2)nc1.CCCCCCCCCCc1ccc(CCc2ccc(OCCC)cc2)nc1.CCCCCCCCCCc1ccc(CCc2ccc(OCCCC)cc2)nc1.CCCCCCCCCCc1ccc(CCc2ccc(OCCCCC)cc2)nc1.CCCCCCCCCCc1ccc(CCc2ccc(OCCCCCC)cc2)nc1. The topological polar surface area (TPSA) is 111 Å². The molecule has 5 aromatic carbocycles. The Morgan fingerprint density at radius 2 is 0.297 bits per heavy atom. The zero-order valence-electron chi connectivity index (χ0n) is 94.0. The second-order valence-corrected chi connectivity index (χ2v) is 41.1. The minimum Gasteiger partial charge on any atom is -0.494 e. The molecule has 800 valence electrons. The maximum absolute atomic E-state index is 5.84. The van der Waals surface area contributed by atoms with E-state index >= 15 is 0 Å². The van der Waals surface area contributed by atoms with Crippen LogP contribution in [0.4, 0.5) is 0 Å². The van der Waals surface area contributed by atoms with Crippen LogP contribution < -0.4 is 23.7 Å². The molecule has 5 heterocycles. The Hall–Kier alpha value is -9.15. The summed E-state index contributed by atoms with van der Waals surface area (Å²) in [6, 6.07) is 65.0. The summed E-state index contributed by atoms with van der Waals surface area (Å²) in [6.07, 6.45) is 93.3. The number of aromatic nitrogens is 5. The lowest BCUT2D eigenvalue weighted by Gasteiger charge is -2.08. The summed E-state index contributed by atoms with van der Waals surface area (Å²) in [5.41, 5.74) is 19.6. The molecule has 0 N–H and O–H groups in total. The Morgan fingerprint density at radius 1 is 0.131 bits per heavy atom. The number of pyridine rings is 5. The van der Waals surface area contributed by atoms with Crippen LogP contribution in [0, 0.1) is 0 Å². The lowest BCUT2D eigenvalue weighted by atomic mass is 10.0. The maximum Gasteiger partial charge on any atom is 0.119 e. The van der Waals surface area contributed by atoms with Crippen LogP contribution in [0.2, 0.25) is 0 Å². The van der Waals surface area contributed by atoms with E-state index in [1.165, 1.54) is 412 Å². The summed E-state index contributed by atoms with van der Waals surface area (Å²) >= 11 is 0. The Labute approximate surface area is 888 Å². The van der Waals surface area contributed by atoms with Gasteiger partial charge in [-0.1, -0.05) is 417 Å². The number of unbranched alkanes of at least 4 members (excludes halogenated alkanes) is 41. The van der Waals surface area contributed by atoms with Crippen molar-refractivity contribution in [3.63, 3.8) is 0 Å². The number of hydrogen-bond donors (Lipinski definition) is 0. The lowest BCUT2D eigenvalue weighted by molar-refractivity contribution is 0.305. The number of aryl methyl sites for hydroxylation is 15. The molecule has 10 rings (SSSR count). The number of rotatable bonds is 80. The van der Waals surface area contributed by atoms with Crippen LogP contribution in [0.5, 0.6) is 28.7 Å². The predicted octanol–water partition coefficient (Wildman–Crippen LogP) is 38.6. The Morgan fingerprint density at radius 3 is 0.490 bits per heavy atom. The van der Waals surface area contributed by atoms with Gasteiger partial charge in [-0.25, -0.2) is 0 Å². The van der Waals surface area contributed by atoms with Gasteiger partial charge in [-0.05, 0) is 308 Å². The molecule has 0 aliphatic carbocycles. The highest BCUT2D eigenvalue weighted by atomic mass is 16.5. The van der Waals surface area contributed by atoms with E-state index in [4.69, 9.17) is 33.7 Å². The van der Waals surface area contributed by atoms with Crippen molar-refractivity contribution in [1.29, 1.82) is 0 Å². The van der Waals surface area contributed by atoms with E-state index in [0.29, 0.717) is 6.61 Å². The fourth-order valence-corrected chi connectivity index (χ4v) is 18.2. The summed E-state index contributed by atoms with van der Waals surface area (Å²) in [4.78, 5) is 23.4. The average Bonchev–Trinajstić information content (AvgIpc) is 0.900. The van der Waals surface area contributed by atoms with Gasteiger partial charge in [0.05, 0.1) is 33.0 Å². The van der Waals surface area contributed by atoms with Crippen molar-refractivity contribution in [3.8, 4) is 28.7 Å². The van der Waals surface area contributed by atoms with Crippen LogP contribution in [-0.4, -0.2) is 58.0 Å². The van der Waals surface area contributed by atoms with E-state index in [0.717, 1.165) is 145 Å². The first-order chi connectivity index (χ1) is 71.6. The highest BCUT2D eigenvalue weighted by Crippen LogP contribution is 2.25. The summed E-state index contributed by atoms with van der Waals surface area (Å²) in [5.74, 6) is 4.87. The van der Waals surface area contributed by atoms with Crippen molar-refractivity contribution < 1.29 is 23.7 Å². The minimum absolute atomic E-state index is 0.717. The molecule has 0 amide bonds. The van der Waals surface area contributed by atoms with Gasteiger partial charge in [0.2, 0.25) is 0 Å². The highest BCUT2D eigenvalue weighted by Gasteiger charge is 2.10. The summed E-state index contributed by atoms with van der Waals surface area (Å²) < 4.78 is 28.5. The van der Waals surface area contributed by atoms with Crippen LogP contribution in [0.3, 0.4) is 0 Å². The van der Waals surface area contributed by atoms with Crippen molar-refractivity contribution >= 4 is 0 Å². The quantitative estimate of drug-likeness (QED) is 0.0342. The van der Waals surface area contributed by atoms with E-state index < -0.39 is 0 Å². The summed E-state index contributed by atoms with van der Waals surface area (Å²) in [7, 11) is 0. The smallest absolute Gasteiger partial charge is 0.119 e. The molecule has 0 spiro atoms. The third-order valence-electron chi connectivity index (χ3n) is 27.8. The van der Waals surface area contributed by atoms with Gasteiger partial charge in [0.25, 0.3) is 0 Å². The number of ether oxygens (including phenoxy) is 5. The predicted molar refractivity (Wildman–Crippen MR) is 624 cm³/mol. The fraction of sp³-hybridized carbons (Fsp3) is 0.593. The largest absolute Gasteiger partial charge is 0.494 e. The first-order valence-corrected chi connectivity index (χ1v) is 59.9. The van der Waals surface area contributed by atoms with Gasteiger partial charge in [-0.2, -0.15) is 0 Å². The lowest BCUT2D eigenvalue weighted by Crippen LogP contribution is -1.98. The van der Waals surface area contributed by atoms with Crippen molar-refractivity contribution in [2.24, 2.45) is 0 Å². The first-order valence-electron chi connectivity index (χ1n) is 59.9. The van der Waals surface area contributed by atoms with E-state index in [2.05, 4.69) is 290 Å². The van der Waals surface area contributed by atoms with Gasteiger partial charge in [-0.15, -0.1) is 0 Å². The van der Waals surface area contributed by atoms with Gasteiger partial charge in [0.15, 0.2) is 0 Å². The summed E-state index contributed by atoms with van der Waals surface area (Å²) in [5, 5.41) is 0. The van der Waals surface area contributed by atoms with Gasteiger partial charge in [0, 0.05) is 59.5 Å². The molecule has 0 atom stereocenters. The molecular weight excluding hydrogens is 1770 g/mol. The van der Waals surface area contributed by atoms with Crippen molar-refractivity contribution in [3.05, 3.63) is 297 Å². The van der Waals surface area contributed by atoms with Crippen LogP contribution in [0.25, 0.3) is 0 Å². The molecule has 0 aliphatic rings. The van der Waals surface area contributed by atoms with Crippen LogP contribution >= 0.6 is 0 Å². The number of benzene rings is 5. The van der Waals surface area contributed by atoms with Crippen LogP contribution in [0.1, 0.15) is 474 Å². The summed E-state index contributed by atoms with van der Waals surface area (Å²) in [6.45, 7) is 26.1. The first kappa shape index (κ1) is 125. The van der Waals surface area contributed by atoms with Gasteiger partial charge in [-0.3, -0.25) is 24.9 Å². The Bertz CT molecular complexity index is 4520. The number of hydrogen-bond acceptors (Lipinski definition) is 10. The van der Waals surface area contributed by atoms with Gasteiger partial charge < -0.3 is 23.7 Å². The van der Waals surface area contributed by atoms with Gasteiger partial charge >= 0.3 is 0 Å². The van der Waals surface area contributed by atoms with Crippen molar-refractivity contribution in [1.82, 2.24) is 24.9 Å². The third-order valence-corrected chi connectivity index (χ3v) is 27.8. The molecular formula is C135H205N5O5. The van der Waals surface area contributed by atoms with E-state index in [1.807, 2.05) is 6.92 Å². The van der Waals surface area contributed by atoms with E-state index in [1.54, 1.807) is 0 Å². The highest BCUT2D eigenvalue weighted by molar-refractivity contribution is 5.33. The molecule has 0 radical (unpaired) electrons. The molecule has 5 aromatic heterocycles. The van der Waals surface area contributed by atoms with Gasteiger partial charge in [0.1, 0.15) is 28.7 Å². The molecule has 0 saturated heterocycles. The third kappa shape index (κ3) is 65.3. The fourth-order valence-electron chi connectivity index (χ4n) is 18.2. The molecule has 0 bridgehead atoms. The molecule has 145 heavy (non-hydrogen) atoms. The maximum atomic E-state index is 5.84. The zero-order chi connectivity index (χ0) is 103. The molecule has 0 unspecified atom stereocenters. The van der Waals surface area contributed by atoms with Crippen LogP contribution in [0.15, 0.2) is 213 Å². The van der Waals surface area contributed by atoms with Crippen molar-refractivity contribution in [2.75, 3.05) is 33.0 Å². The zero-order valence-corrected chi connectivity index (χ0v) is 94.0.